The van der Waals surface area contributed by atoms with Gasteiger partial charge in [0.25, 0.3) is 0 Å². The molecule has 1 saturated heterocycles. The quantitative estimate of drug-likeness (QED) is 0.571. The van der Waals surface area contributed by atoms with Crippen LogP contribution in [-0.4, -0.2) is 51.4 Å². The molecule has 0 amide bonds. The standard InChI is InChI=1S/C15H22F2N4O5/c1-3-7(2)10(19)12(23)26-11-8(6-22)25-13(15(11,16)17)21-5-4-9(18)20-14(21)24/h4-5,7-8,10-11,13,22H,3,6,19H2,1-2H3,(H2,18,20,24)/t7?,8-,10+,11-,13-/m1/s1. The summed E-state index contributed by atoms with van der Waals surface area (Å²) in [4.78, 5) is 27.3. The van der Waals surface area contributed by atoms with E-state index in [1.165, 1.54) is 0 Å². The summed E-state index contributed by atoms with van der Waals surface area (Å²) in [6, 6.07) is 0.0441. The lowest BCUT2D eigenvalue weighted by Crippen LogP contribution is -2.48. The molecule has 5 N–H and O–H groups in total. The highest BCUT2D eigenvalue weighted by Gasteiger charge is 2.62. The largest absolute Gasteiger partial charge is 0.452 e. The highest BCUT2D eigenvalue weighted by molar-refractivity contribution is 5.76. The average Bonchev–Trinajstić information content (AvgIpc) is 2.84. The number of rotatable bonds is 6. The number of hydrogen-bond acceptors (Lipinski definition) is 8. The molecule has 0 radical (unpaired) electrons. The number of ether oxygens (including phenoxy) is 2. The van der Waals surface area contributed by atoms with Crippen molar-refractivity contribution in [2.24, 2.45) is 11.7 Å². The summed E-state index contributed by atoms with van der Waals surface area (Å²) >= 11 is 0. The number of esters is 1. The SMILES string of the molecule is CCC(C)[C@H](N)C(=O)O[C@@H]1[C@@H](CO)O[C@@H](n2ccc(N)nc2=O)C1(F)F. The smallest absolute Gasteiger partial charge is 0.351 e. The number of nitrogens with two attached hydrogens (primary N) is 2. The molecule has 0 aliphatic carbocycles. The van der Waals surface area contributed by atoms with E-state index in [0.717, 1.165) is 12.3 Å². The first-order valence-corrected chi connectivity index (χ1v) is 8.08. The van der Waals surface area contributed by atoms with Crippen LogP contribution in [0.25, 0.3) is 0 Å². The Hall–Kier alpha value is -2.11. The van der Waals surface area contributed by atoms with Crippen LogP contribution >= 0.6 is 0 Å². The van der Waals surface area contributed by atoms with Crippen molar-refractivity contribution in [2.75, 3.05) is 12.3 Å². The summed E-state index contributed by atoms with van der Waals surface area (Å²) < 4.78 is 40.1. The summed E-state index contributed by atoms with van der Waals surface area (Å²) in [5.74, 6) is -5.27. The molecule has 0 aromatic carbocycles. The molecule has 0 bridgehead atoms. The minimum absolute atomic E-state index is 0.145. The number of carbonyl (C=O) groups excluding carboxylic acids is 1. The number of aliphatic hydroxyl groups is 1. The van der Waals surface area contributed by atoms with Crippen LogP contribution in [0.2, 0.25) is 0 Å². The van der Waals surface area contributed by atoms with Crippen LogP contribution in [0.1, 0.15) is 26.5 Å². The zero-order chi connectivity index (χ0) is 19.6. The number of alkyl halides is 2. The van der Waals surface area contributed by atoms with Crippen LogP contribution < -0.4 is 17.2 Å². The topological polar surface area (TPSA) is 143 Å². The van der Waals surface area contributed by atoms with Gasteiger partial charge < -0.3 is 26.0 Å². The summed E-state index contributed by atoms with van der Waals surface area (Å²) in [7, 11) is 0. The molecule has 1 aromatic rings. The summed E-state index contributed by atoms with van der Waals surface area (Å²) in [6.45, 7) is 2.62. The van der Waals surface area contributed by atoms with Crippen LogP contribution in [0.4, 0.5) is 14.6 Å². The molecule has 2 heterocycles. The fourth-order valence-electron chi connectivity index (χ4n) is 2.55. The van der Waals surface area contributed by atoms with Gasteiger partial charge in [-0.1, -0.05) is 20.3 Å². The molecule has 1 fully saturated rings. The second kappa shape index (κ2) is 7.64. The summed E-state index contributed by atoms with van der Waals surface area (Å²) in [6.07, 6.45) is -4.21. The highest BCUT2D eigenvalue weighted by Crippen LogP contribution is 2.44. The third-order valence-corrected chi connectivity index (χ3v) is 4.41. The van der Waals surface area contributed by atoms with Crippen molar-refractivity contribution >= 4 is 11.8 Å². The molecule has 0 spiro atoms. The molecule has 9 nitrogen and oxygen atoms in total. The Morgan fingerprint density at radius 3 is 2.77 bits per heavy atom. The Kier molecular flexibility index (Phi) is 5.94. The molecular formula is C15H22F2N4O5. The van der Waals surface area contributed by atoms with Crippen LogP contribution in [0.15, 0.2) is 17.1 Å². The van der Waals surface area contributed by atoms with Crippen LogP contribution in [0, 0.1) is 5.92 Å². The Morgan fingerprint density at radius 2 is 2.23 bits per heavy atom. The van der Waals surface area contributed by atoms with Crippen molar-refractivity contribution < 1.29 is 28.2 Å². The normalized spacial score (nSPS) is 27.1. The lowest BCUT2D eigenvalue weighted by atomic mass is 10.00. The van der Waals surface area contributed by atoms with Crippen molar-refractivity contribution in [2.45, 2.75) is 50.7 Å². The monoisotopic (exact) mass is 376 g/mol. The number of halogens is 2. The van der Waals surface area contributed by atoms with E-state index in [1.54, 1.807) is 13.8 Å². The van der Waals surface area contributed by atoms with Crippen LogP contribution in [0.5, 0.6) is 0 Å². The minimum atomic E-state index is -3.81. The Balaban J connectivity index is 2.29. The fraction of sp³-hybridized carbons (Fsp3) is 0.667. The third kappa shape index (κ3) is 3.69. The van der Waals surface area contributed by atoms with E-state index < -0.39 is 48.7 Å². The van der Waals surface area contributed by atoms with Crippen molar-refractivity contribution in [1.82, 2.24) is 9.55 Å². The molecule has 11 heteroatoms. The third-order valence-electron chi connectivity index (χ3n) is 4.41. The highest BCUT2D eigenvalue weighted by atomic mass is 19.3. The first-order chi connectivity index (χ1) is 12.1. The van der Waals surface area contributed by atoms with Gasteiger partial charge in [0.15, 0.2) is 6.10 Å². The van der Waals surface area contributed by atoms with E-state index in [1.807, 2.05) is 0 Å². The average molecular weight is 376 g/mol. The van der Waals surface area contributed by atoms with Gasteiger partial charge in [0.1, 0.15) is 18.0 Å². The van der Waals surface area contributed by atoms with E-state index in [0.29, 0.717) is 11.0 Å². The number of anilines is 1. The maximum Gasteiger partial charge on any atom is 0.351 e. The first kappa shape index (κ1) is 20.2. The number of aromatic nitrogens is 2. The summed E-state index contributed by atoms with van der Waals surface area (Å²) in [5, 5.41) is 9.35. The maximum atomic E-state index is 14.8. The van der Waals surface area contributed by atoms with Gasteiger partial charge in [-0.25, -0.2) is 4.79 Å². The Morgan fingerprint density at radius 1 is 1.58 bits per heavy atom. The number of hydrogen-bond donors (Lipinski definition) is 3. The van der Waals surface area contributed by atoms with E-state index in [4.69, 9.17) is 20.9 Å². The molecule has 146 valence electrons. The second-order valence-corrected chi connectivity index (χ2v) is 6.20. The van der Waals surface area contributed by atoms with Gasteiger partial charge in [-0.05, 0) is 12.0 Å². The van der Waals surface area contributed by atoms with Gasteiger partial charge in [-0.15, -0.1) is 0 Å². The van der Waals surface area contributed by atoms with Gasteiger partial charge in [-0.3, -0.25) is 9.36 Å². The molecule has 5 atom stereocenters. The van der Waals surface area contributed by atoms with E-state index in [2.05, 4.69) is 4.98 Å². The Labute approximate surface area is 147 Å². The fourth-order valence-corrected chi connectivity index (χ4v) is 2.55. The molecular weight excluding hydrogens is 354 g/mol. The predicted octanol–water partition coefficient (Wildman–Crippen LogP) is -0.364. The molecule has 2 rings (SSSR count). The molecule has 1 aliphatic rings. The molecule has 26 heavy (non-hydrogen) atoms. The molecule has 1 aliphatic heterocycles. The first-order valence-electron chi connectivity index (χ1n) is 8.08. The van der Waals surface area contributed by atoms with Gasteiger partial charge in [-0.2, -0.15) is 13.8 Å². The van der Waals surface area contributed by atoms with E-state index in [-0.39, 0.29) is 11.7 Å². The Bertz CT molecular complexity index is 714. The van der Waals surface area contributed by atoms with E-state index in [9.17, 15) is 23.5 Å². The second-order valence-electron chi connectivity index (χ2n) is 6.20. The minimum Gasteiger partial charge on any atom is -0.452 e. The van der Waals surface area contributed by atoms with Crippen molar-refractivity contribution in [3.63, 3.8) is 0 Å². The predicted molar refractivity (Wildman–Crippen MR) is 86.2 cm³/mol. The van der Waals surface area contributed by atoms with Crippen molar-refractivity contribution in [3.8, 4) is 0 Å². The number of nitrogens with zero attached hydrogens (tertiary/aromatic N) is 2. The molecule has 1 unspecified atom stereocenters. The van der Waals surface area contributed by atoms with Crippen LogP contribution in [-0.2, 0) is 14.3 Å². The van der Waals surface area contributed by atoms with Crippen LogP contribution in [0.3, 0.4) is 0 Å². The van der Waals surface area contributed by atoms with Crippen molar-refractivity contribution in [3.05, 3.63) is 22.7 Å². The van der Waals surface area contributed by atoms with Gasteiger partial charge in [0.05, 0.1) is 6.61 Å². The lowest BCUT2D eigenvalue weighted by Gasteiger charge is -2.26. The van der Waals surface area contributed by atoms with Gasteiger partial charge in [0.2, 0.25) is 6.23 Å². The lowest BCUT2D eigenvalue weighted by molar-refractivity contribution is -0.178. The maximum absolute atomic E-state index is 14.8. The van der Waals surface area contributed by atoms with Crippen molar-refractivity contribution in [1.29, 1.82) is 0 Å². The van der Waals surface area contributed by atoms with E-state index >= 15 is 0 Å². The zero-order valence-electron chi connectivity index (χ0n) is 14.3. The number of nitrogen functional groups attached to an aromatic ring is 1. The summed E-state index contributed by atoms with van der Waals surface area (Å²) in [5.41, 5.74) is 9.99. The molecule has 0 saturated carbocycles. The van der Waals surface area contributed by atoms with Gasteiger partial charge >= 0.3 is 17.6 Å². The zero-order valence-corrected chi connectivity index (χ0v) is 14.3. The number of carbonyl (C=O) groups is 1. The van der Waals surface area contributed by atoms with Gasteiger partial charge in [0, 0.05) is 6.20 Å². The molecule has 1 aromatic heterocycles. The number of aliphatic hydroxyl groups excluding tert-OH is 1.